The van der Waals surface area contributed by atoms with Gasteiger partial charge in [0.05, 0.1) is 11.9 Å². The first-order chi connectivity index (χ1) is 6.72. The van der Waals surface area contributed by atoms with Crippen molar-refractivity contribution < 1.29 is 4.39 Å². The van der Waals surface area contributed by atoms with Crippen molar-refractivity contribution in [3.63, 3.8) is 0 Å². The van der Waals surface area contributed by atoms with Crippen LogP contribution in [-0.4, -0.2) is 9.38 Å². The third kappa shape index (κ3) is 1.31. The van der Waals surface area contributed by atoms with Crippen LogP contribution in [0.5, 0.6) is 0 Å². The van der Waals surface area contributed by atoms with Crippen LogP contribution in [0.4, 0.5) is 4.39 Å². The second-order valence-corrected chi connectivity index (χ2v) is 3.19. The molecule has 0 aliphatic carbocycles. The Morgan fingerprint density at radius 3 is 3.07 bits per heavy atom. The van der Waals surface area contributed by atoms with Crippen LogP contribution >= 0.6 is 0 Å². The van der Waals surface area contributed by atoms with Crippen molar-refractivity contribution in [3.05, 3.63) is 42.1 Å². The molecule has 0 fully saturated rings. The zero-order valence-electron chi connectivity index (χ0n) is 8.16. The van der Waals surface area contributed by atoms with Crippen molar-refractivity contribution >= 4 is 11.2 Å². The van der Waals surface area contributed by atoms with Crippen molar-refractivity contribution in [2.24, 2.45) is 0 Å². The smallest absolute Gasteiger partial charge is 0.140 e. The number of hydrogen-bond acceptors (Lipinski definition) is 1. The number of allylic oxidation sites excluding steroid dienone is 2. The molecule has 0 spiro atoms. The first-order valence-corrected chi connectivity index (χ1v) is 4.48. The van der Waals surface area contributed by atoms with E-state index in [1.165, 1.54) is 12.1 Å². The second kappa shape index (κ2) is 3.25. The van der Waals surface area contributed by atoms with E-state index in [1.807, 2.05) is 24.3 Å². The zero-order chi connectivity index (χ0) is 10.1. The summed E-state index contributed by atoms with van der Waals surface area (Å²) in [4.78, 5) is 4.13. The fraction of sp³-hybridized carbons (Fsp3) is 0.182. The van der Waals surface area contributed by atoms with E-state index in [9.17, 15) is 4.39 Å². The lowest BCUT2D eigenvalue weighted by Gasteiger charge is -2.00. The number of nitrogens with zero attached hydrogens (tertiary/aromatic N) is 2. The molecule has 3 heteroatoms. The van der Waals surface area contributed by atoms with Crippen LogP contribution in [0.3, 0.4) is 0 Å². The molecule has 2 nitrogen and oxygen atoms in total. The number of fused-ring (bicyclic) bond motifs is 1. The van der Waals surface area contributed by atoms with E-state index >= 15 is 0 Å². The van der Waals surface area contributed by atoms with Crippen LogP contribution in [0.15, 0.2) is 30.6 Å². The van der Waals surface area contributed by atoms with Crippen molar-refractivity contribution in [1.82, 2.24) is 9.38 Å². The topological polar surface area (TPSA) is 17.3 Å². The van der Waals surface area contributed by atoms with Crippen molar-refractivity contribution in [3.8, 4) is 0 Å². The molecule has 0 aliphatic rings. The maximum absolute atomic E-state index is 12.9. The van der Waals surface area contributed by atoms with Crippen LogP contribution in [-0.2, 0) is 0 Å². The molecular weight excluding hydrogens is 179 g/mol. The van der Waals surface area contributed by atoms with Gasteiger partial charge in [-0.2, -0.15) is 0 Å². The quantitative estimate of drug-likeness (QED) is 0.675. The highest BCUT2D eigenvalue weighted by atomic mass is 19.1. The Bertz CT molecular complexity index is 497. The molecule has 14 heavy (non-hydrogen) atoms. The summed E-state index contributed by atoms with van der Waals surface area (Å²) in [5.74, 6) is -0.257. The summed E-state index contributed by atoms with van der Waals surface area (Å²) in [5, 5.41) is 0. The van der Waals surface area contributed by atoms with Crippen molar-refractivity contribution in [1.29, 1.82) is 0 Å². The Morgan fingerprint density at radius 1 is 1.57 bits per heavy atom. The molecule has 0 atom stereocenters. The van der Waals surface area contributed by atoms with Gasteiger partial charge in [-0.05, 0) is 25.5 Å². The molecule has 2 heterocycles. The van der Waals surface area contributed by atoms with Gasteiger partial charge in [0.15, 0.2) is 0 Å². The van der Waals surface area contributed by atoms with Gasteiger partial charge in [-0.25, -0.2) is 9.37 Å². The number of aromatic nitrogens is 2. The van der Waals surface area contributed by atoms with Crippen molar-refractivity contribution in [2.75, 3.05) is 0 Å². The third-order valence-electron chi connectivity index (χ3n) is 2.31. The maximum Gasteiger partial charge on any atom is 0.140 e. The largest absolute Gasteiger partial charge is 0.300 e. The van der Waals surface area contributed by atoms with E-state index in [4.69, 9.17) is 0 Å². The average Bonchev–Trinajstić information content (AvgIpc) is 2.59. The van der Waals surface area contributed by atoms with Crippen LogP contribution in [0.25, 0.3) is 11.2 Å². The highest BCUT2D eigenvalue weighted by Gasteiger charge is 2.04. The lowest BCUT2D eigenvalue weighted by Crippen LogP contribution is -1.90. The fourth-order valence-electron chi connectivity index (χ4n) is 1.40. The lowest BCUT2D eigenvalue weighted by molar-refractivity contribution is 0.626. The minimum atomic E-state index is -0.257. The van der Waals surface area contributed by atoms with Gasteiger partial charge in [-0.15, -0.1) is 0 Å². The number of rotatable bonds is 1. The van der Waals surface area contributed by atoms with E-state index in [2.05, 4.69) is 4.98 Å². The monoisotopic (exact) mass is 190 g/mol. The molecule has 0 saturated heterocycles. The minimum Gasteiger partial charge on any atom is -0.300 e. The fourth-order valence-corrected chi connectivity index (χ4v) is 1.40. The summed E-state index contributed by atoms with van der Waals surface area (Å²) in [6, 6.07) is 2.85. The van der Waals surface area contributed by atoms with Crippen LogP contribution in [0.2, 0.25) is 0 Å². The van der Waals surface area contributed by atoms with Gasteiger partial charge >= 0.3 is 0 Å². The van der Waals surface area contributed by atoms with Gasteiger partial charge in [0, 0.05) is 12.3 Å². The normalized spacial score (nSPS) is 12.4. The molecule has 0 aliphatic heterocycles. The Labute approximate surface area is 81.7 Å². The second-order valence-electron chi connectivity index (χ2n) is 3.19. The lowest BCUT2D eigenvalue weighted by atomic mass is 10.2. The maximum atomic E-state index is 12.9. The Balaban J connectivity index is 2.70. The summed E-state index contributed by atoms with van der Waals surface area (Å²) in [6.07, 6.45) is 5.46. The predicted octanol–water partition coefficient (Wildman–Crippen LogP) is 2.90. The third-order valence-corrected chi connectivity index (χ3v) is 2.31. The zero-order valence-corrected chi connectivity index (χ0v) is 8.16. The molecule has 0 saturated carbocycles. The first-order valence-electron chi connectivity index (χ1n) is 4.48. The van der Waals surface area contributed by atoms with Crippen LogP contribution in [0, 0.1) is 5.82 Å². The Morgan fingerprint density at radius 2 is 2.36 bits per heavy atom. The predicted molar refractivity (Wildman–Crippen MR) is 54.5 cm³/mol. The van der Waals surface area contributed by atoms with E-state index < -0.39 is 0 Å². The number of pyridine rings is 1. The summed E-state index contributed by atoms with van der Waals surface area (Å²) in [5.41, 5.74) is 2.77. The first kappa shape index (κ1) is 8.94. The van der Waals surface area contributed by atoms with E-state index in [1.54, 1.807) is 12.4 Å². The van der Waals surface area contributed by atoms with Gasteiger partial charge < -0.3 is 0 Å². The highest BCUT2D eigenvalue weighted by Crippen LogP contribution is 2.16. The highest BCUT2D eigenvalue weighted by molar-refractivity contribution is 5.63. The van der Waals surface area contributed by atoms with Crippen LogP contribution < -0.4 is 0 Å². The molecule has 0 bridgehead atoms. The average molecular weight is 190 g/mol. The van der Waals surface area contributed by atoms with Gasteiger partial charge in [-0.3, -0.25) is 4.40 Å². The molecule has 2 aromatic heterocycles. The summed E-state index contributed by atoms with van der Waals surface area (Å²) in [6.45, 7) is 3.98. The van der Waals surface area contributed by atoms with Crippen molar-refractivity contribution in [2.45, 2.75) is 13.8 Å². The molecule has 0 N–H and O–H groups in total. The van der Waals surface area contributed by atoms with Gasteiger partial charge in [0.25, 0.3) is 0 Å². The molecule has 0 amide bonds. The van der Waals surface area contributed by atoms with E-state index in [0.717, 1.165) is 11.3 Å². The molecule has 0 radical (unpaired) electrons. The molecule has 72 valence electrons. The minimum absolute atomic E-state index is 0.257. The SMILES string of the molecule is C/C=C(\C)c1cnc2cc(F)ccn12. The molecule has 2 rings (SSSR count). The Hall–Kier alpha value is -1.64. The number of imidazole rings is 1. The summed E-state index contributed by atoms with van der Waals surface area (Å²) in [7, 11) is 0. The van der Waals surface area contributed by atoms with E-state index in [0.29, 0.717) is 5.65 Å². The van der Waals surface area contributed by atoms with Crippen LogP contribution in [0.1, 0.15) is 19.5 Å². The summed E-state index contributed by atoms with van der Waals surface area (Å²) < 4.78 is 14.7. The molecule has 0 unspecified atom stereocenters. The molecule has 0 aromatic carbocycles. The standard InChI is InChI=1S/C11H11FN2/c1-3-8(2)10-7-13-11-6-9(12)4-5-14(10)11/h3-7H,1-2H3/b8-3+. The Kier molecular flexibility index (Phi) is 2.08. The van der Waals surface area contributed by atoms with E-state index in [-0.39, 0.29) is 5.82 Å². The number of hydrogen-bond donors (Lipinski definition) is 0. The van der Waals surface area contributed by atoms with Gasteiger partial charge in [0.2, 0.25) is 0 Å². The summed E-state index contributed by atoms with van der Waals surface area (Å²) >= 11 is 0. The molecule has 2 aromatic rings. The van der Waals surface area contributed by atoms with Gasteiger partial charge in [0.1, 0.15) is 11.5 Å². The van der Waals surface area contributed by atoms with Gasteiger partial charge in [-0.1, -0.05) is 6.08 Å². The molecular formula is C11H11FN2. The number of halogens is 1.